The molecule has 0 aliphatic carbocycles. The van der Waals surface area contributed by atoms with E-state index in [-0.39, 0.29) is 0 Å². The maximum Gasteiger partial charge on any atom is 0.0225 e. The van der Waals surface area contributed by atoms with Crippen molar-refractivity contribution in [3.63, 3.8) is 0 Å². The van der Waals surface area contributed by atoms with E-state index >= 15 is 0 Å². The molecule has 8 heavy (non-hydrogen) atoms. The fourth-order valence-corrected chi connectivity index (χ4v) is 0.959. The molecule has 0 amide bonds. The Kier molecular flexibility index (Phi) is 1.54. The Morgan fingerprint density at radius 1 is 0.875 bits per heavy atom. The van der Waals surface area contributed by atoms with E-state index in [0.29, 0.717) is 12.1 Å². The average Bonchev–Trinajstić information content (AvgIpc) is 1.98. The van der Waals surface area contributed by atoms with Gasteiger partial charge in [-0.3, -0.25) is 10.9 Å². The smallest absolute Gasteiger partial charge is 0.0225 e. The Morgan fingerprint density at radius 3 is 1.38 bits per heavy atom. The van der Waals surface area contributed by atoms with Crippen molar-refractivity contribution in [1.29, 1.82) is 0 Å². The van der Waals surface area contributed by atoms with Crippen LogP contribution in [0.25, 0.3) is 0 Å². The molecule has 1 fully saturated rings. The number of hydrogen-bond acceptors (Lipinski definition) is 2. The van der Waals surface area contributed by atoms with Gasteiger partial charge in [-0.05, 0) is 19.8 Å². The first kappa shape index (κ1) is 6.05. The average molecular weight is 114 g/mol. The van der Waals surface area contributed by atoms with Gasteiger partial charge in [-0.1, -0.05) is 6.92 Å². The molecule has 2 atom stereocenters. The Labute approximate surface area is 50.6 Å². The number of hydrazine groups is 1. The third-order valence-corrected chi connectivity index (χ3v) is 2.12. The molecule has 2 unspecified atom stereocenters. The lowest BCUT2D eigenvalue weighted by atomic mass is 10.00. The molecule has 0 bridgehead atoms. The number of nitrogens with one attached hydrogen (secondary N) is 2. The summed E-state index contributed by atoms with van der Waals surface area (Å²) in [5.74, 6) is 0.759. The topological polar surface area (TPSA) is 24.1 Å². The van der Waals surface area contributed by atoms with Crippen molar-refractivity contribution in [2.24, 2.45) is 5.92 Å². The van der Waals surface area contributed by atoms with Crippen LogP contribution in [0.1, 0.15) is 20.8 Å². The minimum atomic E-state index is 0.630. The molecule has 1 saturated heterocycles. The van der Waals surface area contributed by atoms with Gasteiger partial charge in [0.15, 0.2) is 0 Å². The SMILES string of the molecule is CC1NNC(C)C1C. The molecule has 0 saturated carbocycles. The van der Waals surface area contributed by atoms with E-state index in [0.717, 1.165) is 5.92 Å². The van der Waals surface area contributed by atoms with Gasteiger partial charge >= 0.3 is 0 Å². The zero-order chi connectivity index (χ0) is 6.15. The highest BCUT2D eigenvalue weighted by Crippen LogP contribution is 2.11. The van der Waals surface area contributed by atoms with Crippen molar-refractivity contribution in [3.8, 4) is 0 Å². The predicted octanol–water partition coefficient (Wildman–Crippen LogP) is 0.507. The molecule has 0 spiro atoms. The number of rotatable bonds is 0. The summed E-state index contributed by atoms with van der Waals surface area (Å²) in [6.45, 7) is 6.64. The molecule has 1 rings (SSSR count). The van der Waals surface area contributed by atoms with Gasteiger partial charge in [0.1, 0.15) is 0 Å². The van der Waals surface area contributed by atoms with Crippen LogP contribution >= 0.6 is 0 Å². The van der Waals surface area contributed by atoms with Gasteiger partial charge in [-0.2, -0.15) is 0 Å². The van der Waals surface area contributed by atoms with E-state index < -0.39 is 0 Å². The maximum absolute atomic E-state index is 3.17. The zero-order valence-electron chi connectivity index (χ0n) is 5.73. The fraction of sp³-hybridized carbons (Fsp3) is 1.00. The van der Waals surface area contributed by atoms with Gasteiger partial charge in [0.25, 0.3) is 0 Å². The van der Waals surface area contributed by atoms with Crippen LogP contribution in [-0.4, -0.2) is 12.1 Å². The molecule has 0 aromatic heterocycles. The van der Waals surface area contributed by atoms with Crippen molar-refractivity contribution in [2.45, 2.75) is 32.9 Å². The molecule has 2 N–H and O–H groups in total. The molecule has 0 radical (unpaired) electrons. The van der Waals surface area contributed by atoms with E-state index in [1.54, 1.807) is 0 Å². The molecule has 0 aromatic carbocycles. The predicted molar refractivity (Wildman–Crippen MR) is 34.4 cm³/mol. The van der Waals surface area contributed by atoms with Gasteiger partial charge in [-0.25, -0.2) is 0 Å². The first-order valence-corrected chi connectivity index (χ1v) is 3.23. The van der Waals surface area contributed by atoms with E-state index in [1.807, 2.05) is 0 Å². The molecular weight excluding hydrogens is 100 g/mol. The summed E-state index contributed by atoms with van der Waals surface area (Å²) in [7, 11) is 0. The van der Waals surface area contributed by atoms with E-state index in [4.69, 9.17) is 0 Å². The van der Waals surface area contributed by atoms with Crippen molar-refractivity contribution in [2.75, 3.05) is 0 Å². The summed E-state index contributed by atoms with van der Waals surface area (Å²) in [5, 5.41) is 0. The molecule has 0 aromatic rings. The van der Waals surface area contributed by atoms with Crippen LogP contribution in [0.15, 0.2) is 0 Å². The summed E-state index contributed by atoms with van der Waals surface area (Å²) in [6.07, 6.45) is 0. The van der Waals surface area contributed by atoms with Gasteiger partial charge in [0.05, 0.1) is 0 Å². The minimum absolute atomic E-state index is 0.630. The summed E-state index contributed by atoms with van der Waals surface area (Å²) < 4.78 is 0. The lowest BCUT2D eigenvalue weighted by Gasteiger charge is -2.08. The van der Waals surface area contributed by atoms with Crippen molar-refractivity contribution in [1.82, 2.24) is 10.9 Å². The molecule has 2 nitrogen and oxygen atoms in total. The molecule has 48 valence electrons. The van der Waals surface area contributed by atoms with Crippen molar-refractivity contribution < 1.29 is 0 Å². The van der Waals surface area contributed by atoms with Crippen LogP contribution in [0.2, 0.25) is 0 Å². The molecule has 1 aliphatic heterocycles. The van der Waals surface area contributed by atoms with Crippen LogP contribution in [-0.2, 0) is 0 Å². The van der Waals surface area contributed by atoms with Crippen LogP contribution in [0.5, 0.6) is 0 Å². The van der Waals surface area contributed by atoms with Crippen molar-refractivity contribution in [3.05, 3.63) is 0 Å². The van der Waals surface area contributed by atoms with E-state index in [2.05, 4.69) is 31.6 Å². The van der Waals surface area contributed by atoms with Crippen LogP contribution in [0.4, 0.5) is 0 Å². The summed E-state index contributed by atoms with van der Waals surface area (Å²) >= 11 is 0. The second-order valence-electron chi connectivity index (χ2n) is 2.73. The highest BCUT2D eigenvalue weighted by molar-refractivity contribution is 4.81. The quantitative estimate of drug-likeness (QED) is 0.479. The first-order chi connectivity index (χ1) is 3.72. The van der Waals surface area contributed by atoms with Crippen LogP contribution in [0, 0.1) is 5.92 Å². The standard InChI is InChI=1S/C6H14N2/c1-4-5(2)7-8-6(4)3/h4-8H,1-3H3. The zero-order valence-corrected chi connectivity index (χ0v) is 5.73. The van der Waals surface area contributed by atoms with Gasteiger partial charge in [-0.15, -0.1) is 0 Å². The van der Waals surface area contributed by atoms with Crippen LogP contribution in [0.3, 0.4) is 0 Å². The molecule has 1 aliphatic rings. The second-order valence-corrected chi connectivity index (χ2v) is 2.73. The highest BCUT2D eigenvalue weighted by atomic mass is 15.4. The monoisotopic (exact) mass is 114 g/mol. The lowest BCUT2D eigenvalue weighted by Crippen LogP contribution is -2.30. The number of hydrogen-bond donors (Lipinski definition) is 2. The van der Waals surface area contributed by atoms with Gasteiger partial charge in [0, 0.05) is 12.1 Å². The molecule has 1 heterocycles. The normalized spacial score (nSPS) is 47.6. The minimum Gasteiger partial charge on any atom is -0.254 e. The Bertz CT molecular complexity index is 72.6. The summed E-state index contributed by atoms with van der Waals surface area (Å²) in [5.41, 5.74) is 6.34. The summed E-state index contributed by atoms with van der Waals surface area (Å²) in [6, 6.07) is 1.26. The highest BCUT2D eigenvalue weighted by Gasteiger charge is 2.24. The van der Waals surface area contributed by atoms with Gasteiger partial charge in [0.2, 0.25) is 0 Å². The van der Waals surface area contributed by atoms with Crippen LogP contribution < -0.4 is 10.9 Å². The van der Waals surface area contributed by atoms with E-state index in [1.165, 1.54) is 0 Å². The first-order valence-electron chi connectivity index (χ1n) is 3.23. The van der Waals surface area contributed by atoms with E-state index in [9.17, 15) is 0 Å². The second kappa shape index (κ2) is 2.03. The lowest BCUT2D eigenvalue weighted by molar-refractivity contribution is 0.487. The largest absolute Gasteiger partial charge is 0.254 e. The Balaban J connectivity index is 2.44. The molecular formula is C6H14N2. The Morgan fingerprint density at radius 2 is 1.25 bits per heavy atom. The third kappa shape index (κ3) is 0.858. The molecule has 2 heteroatoms. The Hall–Kier alpha value is -0.0800. The maximum atomic E-state index is 3.17. The van der Waals surface area contributed by atoms with Gasteiger partial charge < -0.3 is 0 Å². The third-order valence-electron chi connectivity index (χ3n) is 2.12. The summed E-state index contributed by atoms with van der Waals surface area (Å²) in [4.78, 5) is 0. The fourth-order valence-electron chi connectivity index (χ4n) is 0.959. The van der Waals surface area contributed by atoms with Crippen molar-refractivity contribution >= 4 is 0 Å².